The number of aromatic carboxylic acids is 1. The highest BCUT2D eigenvalue weighted by Crippen LogP contribution is 2.19. The number of hydrogen-bond acceptors (Lipinski definition) is 3. The van der Waals surface area contributed by atoms with Gasteiger partial charge in [-0.15, -0.1) is 0 Å². The summed E-state index contributed by atoms with van der Waals surface area (Å²) in [6.07, 6.45) is 0.844. The predicted octanol–water partition coefficient (Wildman–Crippen LogP) is 2.21. The Kier molecular flexibility index (Phi) is 4.28. The van der Waals surface area contributed by atoms with Gasteiger partial charge in [-0.05, 0) is 24.6 Å². The quantitative estimate of drug-likeness (QED) is 0.777. The summed E-state index contributed by atoms with van der Waals surface area (Å²) < 4.78 is 17.9. The van der Waals surface area contributed by atoms with Crippen molar-refractivity contribution in [1.29, 1.82) is 5.26 Å². The SMILES string of the molecule is N#CCCCOc1ccc(F)cc1C(=O)O. The Bertz CT molecular complexity index is 426. The number of nitrogens with zero attached hydrogens (tertiary/aromatic N) is 1. The number of hydrogen-bond donors (Lipinski definition) is 1. The number of halogens is 1. The fraction of sp³-hybridized carbons (Fsp3) is 0.273. The van der Waals surface area contributed by atoms with Crippen molar-refractivity contribution < 1.29 is 19.0 Å². The highest BCUT2D eigenvalue weighted by atomic mass is 19.1. The minimum atomic E-state index is -1.24. The maximum atomic E-state index is 12.8. The van der Waals surface area contributed by atoms with Crippen LogP contribution in [0.3, 0.4) is 0 Å². The van der Waals surface area contributed by atoms with E-state index < -0.39 is 11.8 Å². The molecular weight excluding hydrogens is 213 g/mol. The van der Waals surface area contributed by atoms with Crippen LogP contribution < -0.4 is 4.74 Å². The fourth-order valence-corrected chi connectivity index (χ4v) is 1.13. The molecule has 0 heterocycles. The summed E-state index contributed by atoms with van der Waals surface area (Å²) in [7, 11) is 0. The minimum Gasteiger partial charge on any atom is -0.493 e. The molecule has 1 rings (SSSR count). The summed E-state index contributed by atoms with van der Waals surface area (Å²) >= 11 is 0. The molecule has 0 saturated carbocycles. The molecular formula is C11H10FNO3. The molecule has 0 aliphatic heterocycles. The Hall–Kier alpha value is -2.09. The van der Waals surface area contributed by atoms with E-state index in [1.54, 1.807) is 0 Å². The van der Waals surface area contributed by atoms with Crippen molar-refractivity contribution in [2.24, 2.45) is 0 Å². The van der Waals surface area contributed by atoms with Crippen molar-refractivity contribution in [1.82, 2.24) is 0 Å². The molecule has 0 bridgehead atoms. The second-order valence-corrected chi connectivity index (χ2v) is 3.06. The van der Waals surface area contributed by atoms with Gasteiger partial charge < -0.3 is 9.84 Å². The first-order valence-corrected chi connectivity index (χ1v) is 4.67. The molecule has 0 aliphatic rings. The number of ether oxygens (including phenoxy) is 1. The third-order valence-electron chi connectivity index (χ3n) is 1.86. The van der Waals surface area contributed by atoms with E-state index in [0.717, 1.165) is 12.1 Å². The molecule has 0 aromatic heterocycles. The molecule has 0 aliphatic carbocycles. The van der Waals surface area contributed by atoms with Crippen molar-refractivity contribution in [3.05, 3.63) is 29.6 Å². The molecule has 0 saturated heterocycles. The van der Waals surface area contributed by atoms with E-state index >= 15 is 0 Å². The molecule has 1 aromatic carbocycles. The van der Waals surface area contributed by atoms with Gasteiger partial charge in [0.25, 0.3) is 0 Å². The van der Waals surface area contributed by atoms with Crippen molar-refractivity contribution in [2.45, 2.75) is 12.8 Å². The van der Waals surface area contributed by atoms with Crippen molar-refractivity contribution >= 4 is 5.97 Å². The minimum absolute atomic E-state index is 0.117. The Morgan fingerprint density at radius 3 is 2.94 bits per heavy atom. The second-order valence-electron chi connectivity index (χ2n) is 3.06. The molecule has 0 atom stereocenters. The Morgan fingerprint density at radius 2 is 2.31 bits per heavy atom. The first kappa shape index (κ1) is 12.0. The third kappa shape index (κ3) is 3.24. The van der Waals surface area contributed by atoms with Gasteiger partial charge in [0, 0.05) is 6.42 Å². The standard InChI is InChI=1S/C11H10FNO3/c12-8-3-4-10(9(7-8)11(14)15)16-6-2-1-5-13/h3-4,7H,1-2,6H2,(H,14,15). The van der Waals surface area contributed by atoms with Crippen LogP contribution in [0.4, 0.5) is 4.39 Å². The summed E-state index contributed by atoms with van der Waals surface area (Å²) in [6.45, 7) is 0.236. The van der Waals surface area contributed by atoms with Crippen LogP contribution in [0, 0.1) is 17.1 Å². The topological polar surface area (TPSA) is 70.3 Å². The van der Waals surface area contributed by atoms with E-state index in [0.29, 0.717) is 12.8 Å². The van der Waals surface area contributed by atoms with Crippen LogP contribution in [0.25, 0.3) is 0 Å². The number of carboxylic acids is 1. The summed E-state index contributed by atoms with van der Waals surface area (Å²) in [5.74, 6) is -1.75. The number of nitriles is 1. The molecule has 16 heavy (non-hydrogen) atoms. The number of carbonyl (C=O) groups is 1. The number of carboxylic acid groups (broad SMARTS) is 1. The second kappa shape index (κ2) is 5.71. The van der Waals surface area contributed by atoms with Crippen LogP contribution in [-0.2, 0) is 0 Å². The van der Waals surface area contributed by atoms with Gasteiger partial charge >= 0.3 is 5.97 Å². The fourth-order valence-electron chi connectivity index (χ4n) is 1.13. The lowest BCUT2D eigenvalue weighted by Crippen LogP contribution is -2.04. The highest BCUT2D eigenvalue weighted by molar-refractivity contribution is 5.90. The number of rotatable bonds is 5. The molecule has 0 unspecified atom stereocenters. The van der Waals surface area contributed by atoms with Crippen molar-refractivity contribution in [2.75, 3.05) is 6.61 Å². The van der Waals surface area contributed by atoms with Gasteiger partial charge in [-0.2, -0.15) is 5.26 Å². The van der Waals surface area contributed by atoms with E-state index in [1.165, 1.54) is 6.07 Å². The molecule has 1 aromatic rings. The zero-order valence-electron chi connectivity index (χ0n) is 8.44. The normalized spacial score (nSPS) is 9.50. The lowest BCUT2D eigenvalue weighted by Gasteiger charge is -2.07. The lowest BCUT2D eigenvalue weighted by molar-refractivity contribution is 0.0691. The van der Waals surface area contributed by atoms with Crippen LogP contribution >= 0.6 is 0 Å². The van der Waals surface area contributed by atoms with E-state index in [-0.39, 0.29) is 17.9 Å². The molecule has 1 N–H and O–H groups in total. The monoisotopic (exact) mass is 223 g/mol. The van der Waals surface area contributed by atoms with Gasteiger partial charge in [-0.1, -0.05) is 0 Å². The molecule has 4 nitrogen and oxygen atoms in total. The molecule has 0 fully saturated rings. The Balaban J connectivity index is 2.72. The lowest BCUT2D eigenvalue weighted by atomic mass is 10.2. The van der Waals surface area contributed by atoms with Crippen LogP contribution in [0.5, 0.6) is 5.75 Å². The molecule has 0 amide bonds. The Labute approximate surface area is 91.9 Å². The molecule has 0 spiro atoms. The first-order chi connectivity index (χ1) is 7.65. The van der Waals surface area contributed by atoms with E-state index in [4.69, 9.17) is 15.1 Å². The summed E-state index contributed by atoms with van der Waals surface area (Å²) in [5.41, 5.74) is -0.211. The number of unbranched alkanes of at least 4 members (excludes halogenated alkanes) is 1. The van der Waals surface area contributed by atoms with E-state index in [1.807, 2.05) is 6.07 Å². The third-order valence-corrected chi connectivity index (χ3v) is 1.86. The van der Waals surface area contributed by atoms with Gasteiger partial charge in [0.15, 0.2) is 0 Å². The van der Waals surface area contributed by atoms with Crippen LogP contribution in [0.15, 0.2) is 18.2 Å². The average molecular weight is 223 g/mol. The van der Waals surface area contributed by atoms with Gasteiger partial charge in [0.2, 0.25) is 0 Å². The van der Waals surface area contributed by atoms with Gasteiger partial charge in [0.1, 0.15) is 17.1 Å². The predicted molar refractivity (Wildman–Crippen MR) is 53.7 cm³/mol. The zero-order chi connectivity index (χ0) is 12.0. The van der Waals surface area contributed by atoms with Crippen LogP contribution in [0.2, 0.25) is 0 Å². The number of benzene rings is 1. The molecule has 5 heteroatoms. The summed E-state index contributed by atoms with van der Waals surface area (Å²) in [4.78, 5) is 10.8. The molecule has 0 radical (unpaired) electrons. The van der Waals surface area contributed by atoms with Gasteiger partial charge in [0.05, 0.1) is 12.7 Å². The highest BCUT2D eigenvalue weighted by Gasteiger charge is 2.12. The largest absolute Gasteiger partial charge is 0.493 e. The molecule has 84 valence electrons. The van der Waals surface area contributed by atoms with E-state index in [9.17, 15) is 9.18 Å². The first-order valence-electron chi connectivity index (χ1n) is 4.67. The van der Waals surface area contributed by atoms with Crippen molar-refractivity contribution in [3.8, 4) is 11.8 Å². The summed E-state index contributed by atoms with van der Waals surface area (Å²) in [6, 6.07) is 5.25. The zero-order valence-corrected chi connectivity index (χ0v) is 8.44. The maximum absolute atomic E-state index is 12.8. The van der Waals surface area contributed by atoms with E-state index in [2.05, 4.69) is 0 Å². The summed E-state index contributed by atoms with van der Waals surface area (Å²) in [5, 5.41) is 17.1. The van der Waals surface area contributed by atoms with Crippen molar-refractivity contribution in [3.63, 3.8) is 0 Å². The van der Waals surface area contributed by atoms with Crippen LogP contribution in [-0.4, -0.2) is 17.7 Å². The maximum Gasteiger partial charge on any atom is 0.339 e. The van der Waals surface area contributed by atoms with Gasteiger partial charge in [-0.3, -0.25) is 0 Å². The smallest absolute Gasteiger partial charge is 0.339 e. The van der Waals surface area contributed by atoms with Crippen LogP contribution in [0.1, 0.15) is 23.2 Å². The van der Waals surface area contributed by atoms with Gasteiger partial charge in [-0.25, -0.2) is 9.18 Å². The average Bonchev–Trinajstić information content (AvgIpc) is 2.26. The Morgan fingerprint density at radius 1 is 1.56 bits per heavy atom.